The van der Waals surface area contributed by atoms with Gasteiger partial charge in [-0.2, -0.15) is 0 Å². The molecule has 3 nitrogen and oxygen atoms in total. The first-order chi connectivity index (χ1) is 5.27. The molecule has 0 atom stereocenters. The normalized spacial score (nSPS) is 14.9. The second-order valence-corrected chi connectivity index (χ2v) is 4.42. The maximum absolute atomic E-state index is 10.7. The van der Waals surface area contributed by atoms with Crippen molar-refractivity contribution in [1.82, 2.24) is 4.72 Å². The molecule has 2 rings (SSSR count). The van der Waals surface area contributed by atoms with Crippen LogP contribution in [0.2, 0.25) is 0 Å². The highest BCUT2D eigenvalue weighted by molar-refractivity contribution is 7.99. The zero-order valence-electron chi connectivity index (χ0n) is 5.59. The Labute approximate surface area is 72.1 Å². The van der Waals surface area contributed by atoms with E-state index in [0.29, 0.717) is 4.88 Å². The lowest BCUT2D eigenvalue weighted by atomic mass is 10.3. The SMILES string of the molecule is NC(=O)c1cc2c(s1)SNC2. The van der Waals surface area contributed by atoms with Crippen LogP contribution in [0, 0.1) is 0 Å². The number of nitrogens with two attached hydrogens (primary N) is 1. The summed E-state index contributed by atoms with van der Waals surface area (Å²) in [7, 11) is 0. The highest BCUT2D eigenvalue weighted by Gasteiger charge is 2.17. The summed E-state index contributed by atoms with van der Waals surface area (Å²) in [5.41, 5.74) is 6.31. The molecule has 0 unspecified atom stereocenters. The van der Waals surface area contributed by atoms with Crippen LogP contribution in [-0.2, 0) is 6.54 Å². The Kier molecular flexibility index (Phi) is 1.63. The second-order valence-electron chi connectivity index (χ2n) is 2.21. The number of rotatable bonds is 1. The molecule has 0 aliphatic carbocycles. The molecule has 1 aromatic rings. The largest absolute Gasteiger partial charge is 0.365 e. The van der Waals surface area contributed by atoms with Crippen LogP contribution in [0.1, 0.15) is 15.2 Å². The molecule has 3 N–H and O–H groups in total. The van der Waals surface area contributed by atoms with Gasteiger partial charge in [0.2, 0.25) is 0 Å². The van der Waals surface area contributed by atoms with E-state index in [1.165, 1.54) is 21.1 Å². The van der Waals surface area contributed by atoms with Gasteiger partial charge < -0.3 is 5.73 Å². The van der Waals surface area contributed by atoms with Gasteiger partial charge >= 0.3 is 0 Å². The standard InChI is InChI=1S/C6H6N2OS2/c7-5(9)4-1-3-2-8-11-6(3)10-4/h1,8H,2H2,(H2,7,9). The molecular formula is C6H6N2OS2. The van der Waals surface area contributed by atoms with Crippen LogP contribution in [0.15, 0.2) is 10.3 Å². The molecule has 0 saturated heterocycles. The van der Waals surface area contributed by atoms with E-state index in [4.69, 9.17) is 5.73 Å². The summed E-state index contributed by atoms with van der Waals surface area (Å²) in [6, 6.07) is 1.86. The first-order valence-electron chi connectivity index (χ1n) is 3.09. The lowest BCUT2D eigenvalue weighted by Gasteiger charge is -1.87. The second kappa shape index (κ2) is 2.51. The molecule has 0 saturated carbocycles. The monoisotopic (exact) mass is 186 g/mol. The van der Waals surface area contributed by atoms with Crippen molar-refractivity contribution in [3.63, 3.8) is 0 Å². The zero-order valence-corrected chi connectivity index (χ0v) is 7.22. The highest BCUT2D eigenvalue weighted by Crippen LogP contribution is 2.34. The lowest BCUT2D eigenvalue weighted by molar-refractivity contribution is 0.100. The molecule has 2 heterocycles. The number of hydrogen-bond acceptors (Lipinski definition) is 4. The molecule has 0 spiro atoms. The van der Waals surface area contributed by atoms with Crippen molar-refractivity contribution in [2.75, 3.05) is 0 Å². The fourth-order valence-corrected chi connectivity index (χ4v) is 2.92. The van der Waals surface area contributed by atoms with Crippen LogP contribution in [0.5, 0.6) is 0 Å². The van der Waals surface area contributed by atoms with Gasteiger partial charge in [0.1, 0.15) is 0 Å². The Morgan fingerprint density at radius 1 is 1.73 bits per heavy atom. The van der Waals surface area contributed by atoms with Crippen molar-refractivity contribution in [3.05, 3.63) is 16.5 Å². The van der Waals surface area contributed by atoms with Crippen molar-refractivity contribution in [2.24, 2.45) is 5.73 Å². The number of carbonyl (C=O) groups excluding carboxylic acids is 1. The van der Waals surface area contributed by atoms with Crippen LogP contribution in [0.3, 0.4) is 0 Å². The predicted molar refractivity (Wildman–Crippen MR) is 45.5 cm³/mol. The first kappa shape index (κ1) is 7.15. The molecule has 1 aliphatic rings. The highest BCUT2D eigenvalue weighted by atomic mass is 32.2. The van der Waals surface area contributed by atoms with Crippen molar-refractivity contribution in [2.45, 2.75) is 10.8 Å². The summed E-state index contributed by atoms with van der Waals surface area (Å²) in [4.78, 5) is 11.4. The Morgan fingerprint density at radius 2 is 2.55 bits per heavy atom. The Balaban J connectivity index is 2.42. The Hall–Kier alpha value is -0.520. The van der Waals surface area contributed by atoms with E-state index in [1.807, 2.05) is 6.07 Å². The molecular weight excluding hydrogens is 180 g/mol. The summed E-state index contributed by atoms with van der Waals surface area (Å²) in [5, 5.41) is 0. The molecule has 0 fully saturated rings. The quantitative estimate of drug-likeness (QED) is 0.642. The number of nitrogens with one attached hydrogen (secondary N) is 1. The van der Waals surface area contributed by atoms with Crippen LogP contribution in [-0.4, -0.2) is 5.91 Å². The maximum atomic E-state index is 10.7. The maximum Gasteiger partial charge on any atom is 0.258 e. The smallest absolute Gasteiger partial charge is 0.258 e. The minimum absolute atomic E-state index is 0.329. The third-order valence-corrected chi connectivity index (χ3v) is 3.66. The van der Waals surface area contributed by atoms with Crippen molar-refractivity contribution in [1.29, 1.82) is 0 Å². The number of primary amides is 1. The molecule has 1 aromatic heterocycles. The molecule has 5 heteroatoms. The van der Waals surface area contributed by atoms with E-state index < -0.39 is 0 Å². The number of amides is 1. The molecule has 1 amide bonds. The summed E-state index contributed by atoms with van der Waals surface area (Å²) in [5.74, 6) is -0.329. The minimum atomic E-state index is -0.329. The van der Waals surface area contributed by atoms with Gasteiger partial charge in [-0.05, 0) is 23.6 Å². The summed E-state index contributed by atoms with van der Waals surface area (Å²) >= 11 is 3.02. The van der Waals surface area contributed by atoms with E-state index in [0.717, 1.165) is 6.54 Å². The summed E-state index contributed by atoms with van der Waals surface area (Å²) in [6.45, 7) is 0.837. The summed E-state index contributed by atoms with van der Waals surface area (Å²) in [6.07, 6.45) is 0. The van der Waals surface area contributed by atoms with Gasteiger partial charge in [-0.3, -0.25) is 9.52 Å². The average molecular weight is 186 g/mol. The van der Waals surface area contributed by atoms with Gasteiger partial charge in [0, 0.05) is 6.54 Å². The molecule has 11 heavy (non-hydrogen) atoms. The molecule has 58 valence electrons. The van der Waals surface area contributed by atoms with Crippen molar-refractivity contribution >= 4 is 29.2 Å². The topological polar surface area (TPSA) is 55.1 Å². The molecule has 0 radical (unpaired) electrons. The van der Waals surface area contributed by atoms with Crippen LogP contribution < -0.4 is 10.5 Å². The molecule has 1 aliphatic heterocycles. The van der Waals surface area contributed by atoms with Crippen LogP contribution in [0.4, 0.5) is 0 Å². The van der Waals surface area contributed by atoms with E-state index in [1.54, 1.807) is 11.9 Å². The summed E-state index contributed by atoms with van der Waals surface area (Å²) < 4.78 is 4.27. The van der Waals surface area contributed by atoms with Gasteiger partial charge in [0.05, 0.1) is 9.09 Å². The van der Waals surface area contributed by atoms with E-state index >= 15 is 0 Å². The Morgan fingerprint density at radius 3 is 3.18 bits per heavy atom. The van der Waals surface area contributed by atoms with Crippen LogP contribution >= 0.6 is 23.3 Å². The van der Waals surface area contributed by atoms with E-state index in [-0.39, 0.29) is 5.91 Å². The van der Waals surface area contributed by atoms with Gasteiger partial charge in [-0.1, -0.05) is 0 Å². The first-order valence-corrected chi connectivity index (χ1v) is 4.73. The van der Waals surface area contributed by atoms with Gasteiger partial charge in [-0.15, -0.1) is 11.3 Å². The van der Waals surface area contributed by atoms with E-state index in [2.05, 4.69) is 4.72 Å². The zero-order chi connectivity index (χ0) is 7.84. The fourth-order valence-electron chi connectivity index (χ4n) is 0.922. The number of thiophene rings is 1. The molecule has 0 bridgehead atoms. The predicted octanol–water partition coefficient (Wildman–Crippen LogP) is 0.957. The van der Waals surface area contributed by atoms with Gasteiger partial charge in [-0.25, -0.2) is 0 Å². The third kappa shape index (κ3) is 1.15. The Bertz CT molecular complexity index is 286. The third-order valence-electron chi connectivity index (χ3n) is 1.44. The van der Waals surface area contributed by atoms with Crippen molar-refractivity contribution in [3.8, 4) is 0 Å². The number of hydrogen-bond donors (Lipinski definition) is 2. The lowest BCUT2D eigenvalue weighted by Crippen LogP contribution is -2.08. The van der Waals surface area contributed by atoms with E-state index in [9.17, 15) is 4.79 Å². The molecule has 0 aromatic carbocycles. The minimum Gasteiger partial charge on any atom is -0.365 e. The number of carbonyl (C=O) groups is 1. The average Bonchev–Trinajstić information content (AvgIpc) is 2.40. The van der Waals surface area contributed by atoms with Crippen LogP contribution in [0.25, 0.3) is 0 Å². The van der Waals surface area contributed by atoms with Gasteiger partial charge in [0.25, 0.3) is 5.91 Å². The van der Waals surface area contributed by atoms with Gasteiger partial charge in [0.15, 0.2) is 0 Å². The van der Waals surface area contributed by atoms with Crippen molar-refractivity contribution < 1.29 is 4.79 Å². The number of fused-ring (bicyclic) bond motifs is 1. The fraction of sp³-hybridized carbons (Fsp3) is 0.167.